The maximum absolute atomic E-state index is 14.0. The number of benzene rings is 3. The van der Waals surface area contributed by atoms with Crippen LogP contribution in [0, 0.1) is 18.3 Å². The first-order chi connectivity index (χ1) is 16.0. The minimum atomic E-state index is -3.90. The molecule has 0 radical (unpaired) electrons. The number of sulfone groups is 1. The summed E-state index contributed by atoms with van der Waals surface area (Å²) in [6.07, 6.45) is 1.70. The van der Waals surface area contributed by atoms with Crippen LogP contribution >= 0.6 is 0 Å². The van der Waals surface area contributed by atoms with E-state index >= 15 is 0 Å². The molecule has 0 bridgehead atoms. The van der Waals surface area contributed by atoms with Crippen molar-refractivity contribution < 1.29 is 8.42 Å². The molecule has 0 unspecified atom stereocenters. The Morgan fingerprint density at radius 2 is 1.52 bits per heavy atom. The molecule has 2 aromatic heterocycles. The van der Waals surface area contributed by atoms with E-state index in [9.17, 15) is 13.7 Å². The number of pyridine rings is 1. The van der Waals surface area contributed by atoms with Gasteiger partial charge in [0.15, 0.2) is 0 Å². The van der Waals surface area contributed by atoms with Gasteiger partial charge in [0.2, 0.25) is 9.84 Å². The Morgan fingerprint density at radius 1 is 0.848 bits per heavy atom. The summed E-state index contributed by atoms with van der Waals surface area (Å²) in [5, 5.41) is 9.24. The third kappa shape index (κ3) is 3.59. The first kappa shape index (κ1) is 20.7. The lowest BCUT2D eigenvalue weighted by molar-refractivity contribution is 0.597. The van der Waals surface area contributed by atoms with E-state index in [4.69, 9.17) is 4.98 Å². The normalized spacial score (nSPS) is 11.4. The van der Waals surface area contributed by atoms with E-state index in [0.717, 1.165) is 11.1 Å². The predicted octanol–water partition coefficient (Wildman–Crippen LogP) is 5.91. The number of rotatable bonds is 4. The molecule has 33 heavy (non-hydrogen) atoms. The smallest absolute Gasteiger partial charge is 0.209 e. The number of hydrogen-bond donors (Lipinski definition) is 1. The minimum absolute atomic E-state index is 0.170. The van der Waals surface area contributed by atoms with Crippen LogP contribution in [-0.2, 0) is 9.84 Å². The van der Waals surface area contributed by atoms with Crippen molar-refractivity contribution >= 4 is 20.9 Å². The molecule has 0 saturated carbocycles. The molecule has 160 valence electrons. The Balaban J connectivity index is 1.93. The Kier molecular flexibility index (Phi) is 5.04. The second-order valence-electron chi connectivity index (χ2n) is 7.77. The molecule has 6 heteroatoms. The first-order valence-corrected chi connectivity index (χ1v) is 11.9. The highest BCUT2D eigenvalue weighted by Gasteiger charge is 2.29. The fraction of sp³-hybridized carbons (Fsp3) is 0.0370. The Hall–Kier alpha value is -4.21. The van der Waals surface area contributed by atoms with Crippen molar-refractivity contribution in [2.75, 3.05) is 0 Å². The molecule has 0 atom stereocenters. The van der Waals surface area contributed by atoms with Crippen molar-refractivity contribution in [3.05, 3.63) is 102 Å². The van der Waals surface area contributed by atoms with E-state index in [2.05, 4.69) is 11.1 Å². The topological polar surface area (TPSA) is 86.6 Å². The Bertz CT molecular complexity index is 1610. The maximum atomic E-state index is 14.0. The van der Waals surface area contributed by atoms with Crippen LogP contribution < -0.4 is 0 Å². The standard InChI is InChI=1S/C27H19N3O2S/c1-18-7-11-21(12-8-18)25-24(20-13-9-19(17-28)10-14-20)27(26-23(30-25)15-16-29-26)33(31,32)22-5-3-2-4-6-22/h2-16,29H,1H3. The molecule has 0 amide bonds. The van der Waals surface area contributed by atoms with Crippen LogP contribution in [0.3, 0.4) is 0 Å². The summed E-state index contributed by atoms with van der Waals surface area (Å²) in [4.78, 5) is 8.33. The molecule has 0 aliphatic rings. The molecule has 2 heterocycles. The van der Waals surface area contributed by atoms with Crippen molar-refractivity contribution in [3.8, 4) is 28.5 Å². The average molecular weight is 450 g/mol. The van der Waals surface area contributed by atoms with Gasteiger partial charge in [-0.1, -0.05) is 60.2 Å². The van der Waals surface area contributed by atoms with Gasteiger partial charge in [0.25, 0.3) is 0 Å². The largest absolute Gasteiger partial charge is 0.359 e. The zero-order valence-corrected chi connectivity index (χ0v) is 18.6. The fourth-order valence-corrected chi connectivity index (χ4v) is 5.60. The summed E-state index contributed by atoms with van der Waals surface area (Å²) in [5.41, 5.74) is 5.17. The molecule has 5 rings (SSSR count). The quantitative estimate of drug-likeness (QED) is 0.369. The van der Waals surface area contributed by atoms with Gasteiger partial charge in [-0.15, -0.1) is 0 Å². The monoisotopic (exact) mass is 449 g/mol. The molecule has 0 aliphatic carbocycles. The average Bonchev–Trinajstić information content (AvgIpc) is 3.32. The first-order valence-electron chi connectivity index (χ1n) is 10.4. The summed E-state index contributed by atoms with van der Waals surface area (Å²) in [6.45, 7) is 2.00. The van der Waals surface area contributed by atoms with Gasteiger partial charge >= 0.3 is 0 Å². The highest BCUT2D eigenvalue weighted by atomic mass is 32.2. The van der Waals surface area contributed by atoms with Crippen molar-refractivity contribution in [1.29, 1.82) is 5.26 Å². The molecule has 5 nitrogen and oxygen atoms in total. The number of aryl methyl sites for hydroxylation is 1. The molecular weight excluding hydrogens is 430 g/mol. The van der Waals surface area contributed by atoms with Crippen molar-refractivity contribution in [2.45, 2.75) is 16.7 Å². The summed E-state index contributed by atoms with van der Waals surface area (Å²) >= 11 is 0. The Morgan fingerprint density at radius 3 is 2.18 bits per heavy atom. The van der Waals surface area contributed by atoms with E-state index in [0.29, 0.717) is 33.4 Å². The zero-order valence-electron chi connectivity index (χ0n) is 17.8. The highest BCUT2D eigenvalue weighted by molar-refractivity contribution is 7.91. The lowest BCUT2D eigenvalue weighted by atomic mass is 9.97. The second kappa shape index (κ2) is 8.05. The van der Waals surface area contributed by atoms with Crippen LogP contribution in [0.4, 0.5) is 0 Å². The fourth-order valence-electron chi connectivity index (χ4n) is 3.93. The Labute approximate surface area is 191 Å². The predicted molar refractivity (Wildman–Crippen MR) is 128 cm³/mol. The van der Waals surface area contributed by atoms with Gasteiger partial charge < -0.3 is 4.98 Å². The van der Waals surface area contributed by atoms with E-state index in [-0.39, 0.29) is 9.79 Å². The van der Waals surface area contributed by atoms with E-state index in [1.165, 1.54) is 0 Å². The molecular formula is C27H19N3O2S. The van der Waals surface area contributed by atoms with Crippen LogP contribution in [0.15, 0.2) is 101 Å². The lowest BCUT2D eigenvalue weighted by Crippen LogP contribution is -2.07. The highest BCUT2D eigenvalue weighted by Crippen LogP contribution is 2.41. The lowest BCUT2D eigenvalue weighted by Gasteiger charge is -2.17. The molecule has 1 N–H and O–H groups in total. The zero-order chi connectivity index (χ0) is 23.0. The third-order valence-corrected chi connectivity index (χ3v) is 7.44. The third-order valence-electron chi connectivity index (χ3n) is 5.60. The maximum Gasteiger partial charge on any atom is 0.209 e. The molecule has 5 aromatic rings. The number of aromatic nitrogens is 2. The SMILES string of the molecule is Cc1ccc(-c2nc3cc[nH]c3c(S(=O)(=O)c3ccccc3)c2-c2ccc(C#N)cc2)cc1. The van der Waals surface area contributed by atoms with Gasteiger partial charge in [-0.3, -0.25) is 0 Å². The van der Waals surface area contributed by atoms with Gasteiger partial charge in [-0.05, 0) is 42.8 Å². The summed E-state index contributed by atoms with van der Waals surface area (Å²) in [7, 11) is -3.90. The molecule has 0 aliphatic heterocycles. The van der Waals surface area contributed by atoms with Crippen LogP contribution in [0.2, 0.25) is 0 Å². The van der Waals surface area contributed by atoms with Gasteiger partial charge in [-0.25, -0.2) is 13.4 Å². The number of nitrogens with one attached hydrogen (secondary N) is 1. The second-order valence-corrected chi connectivity index (χ2v) is 9.66. The van der Waals surface area contributed by atoms with Gasteiger partial charge in [0, 0.05) is 17.3 Å². The van der Waals surface area contributed by atoms with Crippen LogP contribution in [0.5, 0.6) is 0 Å². The molecule has 0 spiro atoms. The van der Waals surface area contributed by atoms with E-state index in [1.807, 2.05) is 31.2 Å². The van der Waals surface area contributed by atoms with Crippen LogP contribution in [0.25, 0.3) is 33.4 Å². The number of H-pyrrole nitrogens is 1. The van der Waals surface area contributed by atoms with Gasteiger partial charge in [-0.2, -0.15) is 5.26 Å². The molecule has 3 aromatic carbocycles. The van der Waals surface area contributed by atoms with Crippen molar-refractivity contribution in [2.24, 2.45) is 0 Å². The van der Waals surface area contributed by atoms with Gasteiger partial charge in [0.1, 0.15) is 4.90 Å². The number of nitrogens with zero attached hydrogens (tertiary/aromatic N) is 2. The number of hydrogen-bond acceptors (Lipinski definition) is 4. The summed E-state index contributed by atoms with van der Waals surface area (Å²) in [5.74, 6) is 0. The minimum Gasteiger partial charge on any atom is -0.359 e. The number of aromatic amines is 1. The van der Waals surface area contributed by atoms with E-state index < -0.39 is 9.84 Å². The number of fused-ring (bicyclic) bond motifs is 1. The van der Waals surface area contributed by atoms with Crippen molar-refractivity contribution in [1.82, 2.24) is 9.97 Å². The molecule has 0 saturated heterocycles. The number of nitriles is 1. The van der Waals surface area contributed by atoms with E-state index in [1.54, 1.807) is 66.9 Å². The summed E-state index contributed by atoms with van der Waals surface area (Å²) in [6, 6.07) is 27.1. The molecule has 0 fully saturated rings. The van der Waals surface area contributed by atoms with Crippen LogP contribution in [-0.4, -0.2) is 18.4 Å². The van der Waals surface area contributed by atoms with Crippen molar-refractivity contribution in [3.63, 3.8) is 0 Å². The van der Waals surface area contributed by atoms with Gasteiger partial charge in [0.05, 0.1) is 33.3 Å². The summed E-state index contributed by atoms with van der Waals surface area (Å²) < 4.78 is 28.0. The van der Waals surface area contributed by atoms with Crippen LogP contribution in [0.1, 0.15) is 11.1 Å².